The van der Waals surface area contributed by atoms with Crippen molar-refractivity contribution in [1.29, 1.82) is 0 Å². The van der Waals surface area contributed by atoms with Crippen LogP contribution in [0.2, 0.25) is 5.02 Å². The fourth-order valence-electron chi connectivity index (χ4n) is 4.08. The highest BCUT2D eigenvalue weighted by Crippen LogP contribution is 2.24. The van der Waals surface area contributed by atoms with Crippen molar-refractivity contribution in [1.82, 2.24) is 19.8 Å². The van der Waals surface area contributed by atoms with Crippen LogP contribution in [0.25, 0.3) is 10.9 Å². The molecule has 0 aliphatic carbocycles. The minimum Gasteiger partial charge on any atom is -0.476 e. The molecule has 3 heterocycles. The average Bonchev–Trinajstić information content (AvgIpc) is 2.82. The number of aromatic nitrogens is 2. The molecule has 180 valence electrons. The number of nitrogens with one attached hydrogen (secondary N) is 1. The number of pyridine rings is 2. The Labute approximate surface area is 203 Å². The number of ether oxygens (including phenoxy) is 2. The monoisotopic (exact) mass is 484 g/mol. The Hall–Kier alpha value is -2.94. The second-order valence-corrected chi connectivity index (χ2v) is 8.75. The van der Waals surface area contributed by atoms with Crippen LogP contribution in [0.3, 0.4) is 0 Å². The SMILES string of the molecule is CCOc1nc(CN2CCOCC2)cc2c(=O)c(CC(=O)NCc3ccc(Cl)cc3)cn(C)c12. The Balaban J connectivity index is 1.59. The molecule has 9 heteroatoms. The smallest absolute Gasteiger partial charge is 0.238 e. The van der Waals surface area contributed by atoms with E-state index in [1.807, 2.05) is 36.7 Å². The van der Waals surface area contributed by atoms with Crippen LogP contribution in [0.4, 0.5) is 0 Å². The highest BCUT2D eigenvalue weighted by atomic mass is 35.5. The van der Waals surface area contributed by atoms with Gasteiger partial charge in [0.15, 0.2) is 5.43 Å². The molecule has 1 saturated heterocycles. The summed E-state index contributed by atoms with van der Waals surface area (Å²) in [5, 5.41) is 4.02. The Morgan fingerprint density at radius 1 is 1.24 bits per heavy atom. The van der Waals surface area contributed by atoms with Gasteiger partial charge in [0.05, 0.1) is 37.3 Å². The third kappa shape index (κ3) is 5.75. The number of carbonyl (C=O) groups excluding carboxylic acids is 1. The van der Waals surface area contributed by atoms with Crippen LogP contribution in [-0.2, 0) is 36.1 Å². The summed E-state index contributed by atoms with van der Waals surface area (Å²) in [5.41, 5.74) is 2.57. The van der Waals surface area contributed by atoms with Crippen LogP contribution >= 0.6 is 11.6 Å². The van der Waals surface area contributed by atoms with Gasteiger partial charge >= 0.3 is 0 Å². The van der Waals surface area contributed by atoms with E-state index >= 15 is 0 Å². The number of fused-ring (bicyclic) bond motifs is 1. The molecular formula is C25H29ClN4O4. The number of aryl methyl sites for hydroxylation is 1. The maximum Gasteiger partial charge on any atom is 0.238 e. The third-order valence-corrected chi connectivity index (χ3v) is 6.03. The number of halogens is 1. The van der Waals surface area contributed by atoms with E-state index in [2.05, 4.69) is 10.2 Å². The Kier molecular flexibility index (Phi) is 7.82. The number of morpholine rings is 1. The van der Waals surface area contributed by atoms with Gasteiger partial charge in [-0.3, -0.25) is 14.5 Å². The number of amides is 1. The molecule has 0 bridgehead atoms. The fourth-order valence-corrected chi connectivity index (χ4v) is 4.21. The number of nitrogens with zero attached hydrogens (tertiary/aromatic N) is 3. The van der Waals surface area contributed by atoms with Gasteiger partial charge in [-0.15, -0.1) is 0 Å². The summed E-state index contributed by atoms with van der Waals surface area (Å²) in [5.74, 6) is 0.209. The van der Waals surface area contributed by atoms with Crippen molar-refractivity contribution >= 4 is 28.4 Å². The molecule has 1 amide bonds. The molecule has 34 heavy (non-hydrogen) atoms. The maximum atomic E-state index is 13.4. The predicted molar refractivity (Wildman–Crippen MR) is 131 cm³/mol. The lowest BCUT2D eigenvalue weighted by Crippen LogP contribution is -2.36. The van der Waals surface area contributed by atoms with Crippen LogP contribution < -0.4 is 15.5 Å². The lowest BCUT2D eigenvalue weighted by molar-refractivity contribution is -0.120. The van der Waals surface area contributed by atoms with Crippen LogP contribution in [0.15, 0.2) is 41.3 Å². The zero-order valence-electron chi connectivity index (χ0n) is 19.5. The molecule has 1 aromatic carbocycles. The molecule has 3 aromatic rings. The molecule has 0 atom stereocenters. The van der Waals surface area contributed by atoms with Gasteiger partial charge < -0.3 is 19.4 Å². The molecule has 1 fully saturated rings. The molecule has 0 saturated carbocycles. The summed E-state index contributed by atoms with van der Waals surface area (Å²) in [4.78, 5) is 32.9. The van der Waals surface area contributed by atoms with Gasteiger partial charge in [0, 0.05) is 50.0 Å². The Morgan fingerprint density at radius 2 is 1.97 bits per heavy atom. The van der Waals surface area contributed by atoms with Crippen LogP contribution in [0, 0.1) is 0 Å². The normalized spacial score (nSPS) is 14.3. The molecule has 1 aliphatic rings. The molecule has 4 rings (SSSR count). The molecule has 1 aliphatic heterocycles. The second-order valence-electron chi connectivity index (χ2n) is 8.31. The van der Waals surface area contributed by atoms with Gasteiger partial charge in [0.2, 0.25) is 11.8 Å². The van der Waals surface area contributed by atoms with Crippen molar-refractivity contribution < 1.29 is 14.3 Å². The van der Waals surface area contributed by atoms with Crippen LogP contribution in [0.5, 0.6) is 5.88 Å². The minimum absolute atomic E-state index is 0.0126. The van der Waals surface area contributed by atoms with Crippen molar-refractivity contribution in [2.45, 2.75) is 26.4 Å². The van der Waals surface area contributed by atoms with Crippen LogP contribution in [0.1, 0.15) is 23.7 Å². The van der Waals surface area contributed by atoms with E-state index in [0.717, 1.165) is 24.3 Å². The minimum atomic E-state index is -0.223. The highest BCUT2D eigenvalue weighted by Gasteiger charge is 2.19. The van der Waals surface area contributed by atoms with E-state index in [1.54, 1.807) is 18.3 Å². The predicted octanol–water partition coefficient (Wildman–Crippen LogP) is 2.68. The van der Waals surface area contributed by atoms with Crippen molar-refractivity contribution in [2.75, 3.05) is 32.9 Å². The molecule has 8 nitrogen and oxygen atoms in total. The van der Waals surface area contributed by atoms with Crippen molar-refractivity contribution in [3.05, 3.63) is 68.6 Å². The van der Waals surface area contributed by atoms with E-state index in [0.29, 0.717) is 60.3 Å². The first-order valence-corrected chi connectivity index (χ1v) is 11.8. The molecule has 1 N–H and O–H groups in total. The second kappa shape index (κ2) is 11.0. The standard InChI is InChI=1S/C25H29ClN4O4/c1-3-34-25-23-21(13-20(28-25)16-30-8-10-33-11-9-30)24(32)18(15-29(23)2)12-22(31)27-14-17-4-6-19(26)7-5-17/h4-7,13,15H,3,8-12,14,16H2,1-2H3,(H,27,31). The maximum absolute atomic E-state index is 13.4. The van der Waals surface area contributed by atoms with Gasteiger partial charge in [-0.25, -0.2) is 4.98 Å². The van der Waals surface area contributed by atoms with E-state index < -0.39 is 0 Å². The summed E-state index contributed by atoms with van der Waals surface area (Å²) in [6.07, 6.45) is 1.68. The topological polar surface area (TPSA) is 85.7 Å². The summed E-state index contributed by atoms with van der Waals surface area (Å²) in [6.45, 7) is 6.29. The summed E-state index contributed by atoms with van der Waals surface area (Å²) in [7, 11) is 1.84. The quantitative estimate of drug-likeness (QED) is 0.529. The molecule has 0 unspecified atom stereocenters. The molecule has 0 radical (unpaired) electrons. The molecular weight excluding hydrogens is 456 g/mol. The van der Waals surface area contributed by atoms with Crippen molar-refractivity contribution in [3.8, 4) is 5.88 Å². The number of rotatable bonds is 8. The first-order valence-electron chi connectivity index (χ1n) is 11.4. The lowest BCUT2D eigenvalue weighted by atomic mass is 10.1. The number of hydrogen-bond donors (Lipinski definition) is 1. The largest absolute Gasteiger partial charge is 0.476 e. The first kappa shape index (κ1) is 24.2. The van der Waals surface area contributed by atoms with Gasteiger partial charge in [-0.05, 0) is 30.7 Å². The van der Waals surface area contributed by atoms with Crippen molar-refractivity contribution in [3.63, 3.8) is 0 Å². The summed E-state index contributed by atoms with van der Waals surface area (Å²) in [6, 6.07) is 9.10. The van der Waals surface area contributed by atoms with Crippen LogP contribution in [-0.4, -0.2) is 53.3 Å². The average molecular weight is 485 g/mol. The van der Waals surface area contributed by atoms with Gasteiger partial charge in [-0.2, -0.15) is 0 Å². The number of benzene rings is 1. The summed E-state index contributed by atoms with van der Waals surface area (Å²) >= 11 is 5.91. The van der Waals surface area contributed by atoms with Gasteiger partial charge in [0.1, 0.15) is 5.52 Å². The first-order chi connectivity index (χ1) is 16.4. The number of hydrogen-bond acceptors (Lipinski definition) is 6. The number of carbonyl (C=O) groups is 1. The highest BCUT2D eigenvalue weighted by molar-refractivity contribution is 6.30. The van der Waals surface area contributed by atoms with E-state index in [1.165, 1.54) is 0 Å². The van der Waals surface area contributed by atoms with E-state index in [-0.39, 0.29) is 17.8 Å². The zero-order valence-corrected chi connectivity index (χ0v) is 20.2. The van der Waals surface area contributed by atoms with Crippen molar-refractivity contribution in [2.24, 2.45) is 7.05 Å². The molecule has 2 aromatic heterocycles. The molecule has 0 spiro atoms. The third-order valence-electron chi connectivity index (χ3n) is 5.78. The summed E-state index contributed by atoms with van der Waals surface area (Å²) < 4.78 is 13.0. The lowest BCUT2D eigenvalue weighted by Gasteiger charge is -2.26. The zero-order chi connectivity index (χ0) is 24.1. The Morgan fingerprint density at radius 3 is 2.68 bits per heavy atom. The van der Waals surface area contributed by atoms with E-state index in [4.69, 9.17) is 26.1 Å². The van der Waals surface area contributed by atoms with Gasteiger partial charge in [0.25, 0.3) is 0 Å². The van der Waals surface area contributed by atoms with E-state index in [9.17, 15) is 9.59 Å². The van der Waals surface area contributed by atoms with Gasteiger partial charge in [-0.1, -0.05) is 23.7 Å². The Bertz CT molecular complexity index is 1220. The fraction of sp³-hybridized carbons (Fsp3) is 0.400.